The van der Waals surface area contributed by atoms with Crippen LogP contribution in [0.1, 0.15) is 20.9 Å². The van der Waals surface area contributed by atoms with E-state index in [-0.39, 0.29) is 16.4 Å². The highest BCUT2D eigenvalue weighted by atomic mass is 32.1. The molecule has 8 nitrogen and oxygen atoms in total. The minimum absolute atomic E-state index is 0.234. The van der Waals surface area contributed by atoms with Crippen molar-refractivity contribution in [2.45, 2.75) is 20.5 Å². The number of thiazole rings is 1. The molecule has 1 amide bonds. The molecule has 134 valence electrons. The molecule has 1 aromatic heterocycles. The molecule has 25 heavy (non-hydrogen) atoms. The van der Waals surface area contributed by atoms with Crippen molar-refractivity contribution in [3.05, 3.63) is 38.4 Å². The lowest BCUT2D eigenvalue weighted by Crippen LogP contribution is -2.15. The van der Waals surface area contributed by atoms with Crippen molar-refractivity contribution in [1.82, 2.24) is 4.98 Å². The first kappa shape index (κ1) is 18.5. The van der Waals surface area contributed by atoms with E-state index < -0.39 is 28.9 Å². The number of halogens is 2. The molecule has 0 aliphatic rings. The second-order valence-electron chi connectivity index (χ2n) is 4.77. The first-order chi connectivity index (χ1) is 11.7. The number of nitro groups is 1. The zero-order valence-corrected chi connectivity index (χ0v) is 14.1. The summed E-state index contributed by atoms with van der Waals surface area (Å²) in [6.45, 7) is 0.364. The molecule has 0 saturated carbocycles. The number of aryl methyl sites for hydroxylation is 2. The summed E-state index contributed by atoms with van der Waals surface area (Å²) in [5.41, 5.74) is -0.346. The second kappa shape index (κ2) is 7.38. The number of amides is 1. The van der Waals surface area contributed by atoms with Crippen molar-refractivity contribution in [2.24, 2.45) is 0 Å². The number of methoxy groups -OCH3 is 1. The fraction of sp³-hybridized carbons (Fsp3) is 0.286. The summed E-state index contributed by atoms with van der Waals surface area (Å²) >= 11 is 1.21. The van der Waals surface area contributed by atoms with Crippen LogP contribution in [0.2, 0.25) is 0 Å². The number of benzene rings is 1. The van der Waals surface area contributed by atoms with Crippen LogP contribution in [0, 0.1) is 24.0 Å². The first-order valence-electron chi connectivity index (χ1n) is 6.79. The molecule has 0 aliphatic carbocycles. The van der Waals surface area contributed by atoms with Gasteiger partial charge in [0.15, 0.2) is 16.6 Å². The first-order valence-corrected chi connectivity index (χ1v) is 7.61. The third-order valence-electron chi connectivity index (χ3n) is 3.19. The number of rotatable bonds is 6. The van der Waals surface area contributed by atoms with Crippen molar-refractivity contribution >= 4 is 28.1 Å². The van der Waals surface area contributed by atoms with Crippen LogP contribution in [-0.2, 0) is 0 Å². The molecule has 2 aromatic rings. The zero-order valence-electron chi connectivity index (χ0n) is 13.3. The van der Waals surface area contributed by atoms with Gasteiger partial charge in [0.2, 0.25) is 0 Å². The average molecular weight is 373 g/mol. The minimum atomic E-state index is -3.20. The van der Waals surface area contributed by atoms with E-state index in [1.54, 1.807) is 6.92 Å². The molecule has 1 heterocycles. The van der Waals surface area contributed by atoms with E-state index in [1.807, 2.05) is 6.92 Å². The van der Waals surface area contributed by atoms with Crippen LogP contribution >= 0.6 is 11.3 Å². The van der Waals surface area contributed by atoms with Gasteiger partial charge in [-0.2, -0.15) is 8.78 Å². The third kappa shape index (κ3) is 4.18. The second-order valence-corrected chi connectivity index (χ2v) is 5.97. The van der Waals surface area contributed by atoms with E-state index in [0.717, 1.165) is 24.1 Å². The molecule has 0 saturated heterocycles. The number of nitrogens with one attached hydrogen (secondary N) is 1. The molecular formula is C14H13F2N3O5S. The van der Waals surface area contributed by atoms with Crippen molar-refractivity contribution in [3.63, 3.8) is 0 Å². The lowest BCUT2D eigenvalue weighted by atomic mass is 10.1. The summed E-state index contributed by atoms with van der Waals surface area (Å²) in [6.07, 6.45) is 0. The van der Waals surface area contributed by atoms with Gasteiger partial charge in [0, 0.05) is 10.9 Å². The van der Waals surface area contributed by atoms with Gasteiger partial charge in [-0.15, -0.1) is 11.3 Å². The normalized spacial score (nSPS) is 10.6. The zero-order chi connectivity index (χ0) is 18.7. The van der Waals surface area contributed by atoms with E-state index >= 15 is 0 Å². The van der Waals surface area contributed by atoms with Crippen LogP contribution in [0.15, 0.2) is 12.1 Å². The van der Waals surface area contributed by atoms with Crippen LogP contribution < -0.4 is 14.8 Å². The van der Waals surface area contributed by atoms with E-state index in [2.05, 4.69) is 15.0 Å². The highest BCUT2D eigenvalue weighted by molar-refractivity contribution is 7.15. The molecule has 1 aromatic carbocycles. The molecule has 0 bridgehead atoms. The highest BCUT2D eigenvalue weighted by Gasteiger charge is 2.26. The Morgan fingerprint density at radius 2 is 2.04 bits per heavy atom. The van der Waals surface area contributed by atoms with Crippen LogP contribution in [0.3, 0.4) is 0 Å². The van der Waals surface area contributed by atoms with E-state index in [1.165, 1.54) is 11.3 Å². The van der Waals surface area contributed by atoms with Crippen molar-refractivity contribution < 1.29 is 28.0 Å². The van der Waals surface area contributed by atoms with Gasteiger partial charge in [0.25, 0.3) is 11.6 Å². The largest absolute Gasteiger partial charge is 0.493 e. The molecule has 0 spiro atoms. The van der Waals surface area contributed by atoms with Crippen molar-refractivity contribution in [2.75, 3.05) is 12.4 Å². The number of nitro benzene ring substituents is 1. The highest BCUT2D eigenvalue weighted by Crippen LogP contribution is 2.36. The lowest BCUT2D eigenvalue weighted by molar-refractivity contribution is -0.385. The fourth-order valence-electron chi connectivity index (χ4n) is 1.92. The molecule has 0 fully saturated rings. The molecule has 0 atom stereocenters. The Bertz CT molecular complexity index is 806. The van der Waals surface area contributed by atoms with Crippen LogP contribution in [0.4, 0.5) is 19.6 Å². The molecule has 0 radical (unpaired) electrons. The van der Waals surface area contributed by atoms with E-state index in [0.29, 0.717) is 5.69 Å². The number of aromatic nitrogens is 1. The maximum absolute atomic E-state index is 12.4. The minimum Gasteiger partial charge on any atom is -0.493 e. The quantitative estimate of drug-likeness (QED) is 0.614. The van der Waals surface area contributed by atoms with Gasteiger partial charge in [-0.05, 0) is 13.8 Å². The predicted molar refractivity (Wildman–Crippen MR) is 85.8 cm³/mol. The maximum Gasteiger partial charge on any atom is 0.387 e. The van der Waals surface area contributed by atoms with Gasteiger partial charge >= 0.3 is 6.61 Å². The Labute approximate surface area is 144 Å². The molecule has 1 N–H and O–H groups in total. The summed E-state index contributed by atoms with van der Waals surface area (Å²) in [6, 6.07) is 1.69. The van der Waals surface area contributed by atoms with Gasteiger partial charge in [0.05, 0.1) is 23.8 Å². The van der Waals surface area contributed by atoms with Gasteiger partial charge < -0.3 is 9.47 Å². The number of nitrogens with zero attached hydrogens (tertiary/aromatic N) is 2. The number of ether oxygens (including phenoxy) is 2. The van der Waals surface area contributed by atoms with E-state index in [9.17, 15) is 23.7 Å². The van der Waals surface area contributed by atoms with Gasteiger partial charge in [-0.1, -0.05) is 0 Å². The SMILES string of the molecule is COc1cc(C(=O)Nc2nc(C)c(C)s2)c([N+](=O)[O-])cc1OC(F)F. The topological polar surface area (TPSA) is 104 Å². The molecule has 0 unspecified atom stereocenters. The Kier molecular flexibility index (Phi) is 5.47. The fourth-order valence-corrected chi connectivity index (χ4v) is 2.73. The Morgan fingerprint density at radius 1 is 1.36 bits per heavy atom. The number of alkyl halides is 2. The summed E-state index contributed by atoms with van der Waals surface area (Å²) in [5.74, 6) is -1.59. The van der Waals surface area contributed by atoms with Crippen molar-refractivity contribution in [3.8, 4) is 11.5 Å². The number of carbonyl (C=O) groups is 1. The number of hydrogen-bond acceptors (Lipinski definition) is 7. The third-order valence-corrected chi connectivity index (χ3v) is 4.18. The molecular weight excluding hydrogens is 360 g/mol. The smallest absolute Gasteiger partial charge is 0.387 e. The standard InChI is InChI=1S/C14H13F2N3O5S/c1-6-7(2)25-14(17-6)18-12(20)8-4-10(23-3)11(24-13(15)16)5-9(8)19(21)22/h4-5,13H,1-3H3,(H,17,18,20). The van der Waals surface area contributed by atoms with Gasteiger partial charge in [-0.25, -0.2) is 4.98 Å². The maximum atomic E-state index is 12.4. The van der Waals surface area contributed by atoms with Gasteiger partial charge in [-0.3, -0.25) is 20.2 Å². The molecule has 2 rings (SSSR count). The van der Waals surface area contributed by atoms with E-state index in [4.69, 9.17) is 4.74 Å². The summed E-state index contributed by atoms with van der Waals surface area (Å²) in [7, 11) is 1.16. The number of anilines is 1. The van der Waals surface area contributed by atoms with Gasteiger partial charge in [0.1, 0.15) is 5.56 Å². The average Bonchev–Trinajstić information content (AvgIpc) is 2.83. The van der Waals surface area contributed by atoms with Crippen molar-refractivity contribution in [1.29, 1.82) is 0 Å². The summed E-state index contributed by atoms with van der Waals surface area (Å²) in [4.78, 5) is 27.7. The Balaban J connectivity index is 2.43. The molecule has 0 aliphatic heterocycles. The van der Waals surface area contributed by atoms with Crippen LogP contribution in [0.25, 0.3) is 0 Å². The Hall–Kier alpha value is -2.82. The number of hydrogen-bond donors (Lipinski definition) is 1. The van der Waals surface area contributed by atoms with Crippen LogP contribution in [-0.4, -0.2) is 29.5 Å². The van der Waals surface area contributed by atoms with Crippen LogP contribution in [0.5, 0.6) is 11.5 Å². The predicted octanol–water partition coefficient (Wildman–Crippen LogP) is 3.53. The number of carbonyl (C=O) groups excluding carboxylic acids is 1. The summed E-state index contributed by atoms with van der Waals surface area (Å²) in [5, 5.41) is 13.9. The monoisotopic (exact) mass is 373 g/mol. The Morgan fingerprint density at radius 3 is 2.52 bits per heavy atom. The summed E-state index contributed by atoms with van der Waals surface area (Å²) < 4.78 is 33.9. The molecule has 11 heteroatoms. The lowest BCUT2D eigenvalue weighted by Gasteiger charge is -2.11.